The second-order valence-electron chi connectivity index (χ2n) is 9.44. The van der Waals surface area contributed by atoms with Crippen LogP contribution in [0.5, 0.6) is 0 Å². The molecule has 172 valence electrons. The van der Waals surface area contributed by atoms with Crippen LogP contribution in [-0.2, 0) is 12.8 Å². The summed E-state index contributed by atoms with van der Waals surface area (Å²) >= 11 is 7.42. The Morgan fingerprint density at radius 1 is 1.00 bits per heavy atom. The fourth-order valence-corrected chi connectivity index (χ4v) is 5.60. The number of hydrogen-bond donors (Lipinski definition) is 2. The van der Waals surface area contributed by atoms with E-state index in [2.05, 4.69) is 31.4 Å². The lowest BCUT2D eigenvalue weighted by Crippen LogP contribution is -2.27. The van der Waals surface area contributed by atoms with E-state index < -0.39 is 5.82 Å². The van der Waals surface area contributed by atoms with E-state index in [1.807, 2.05) is 0 Å². The highest BCUT2D eigenvalue weighted by atomic mass is 35.5. The lowest BCUT2D eigenvalue weighted by Gasteiger charge is -2.33. The van der Waals surface area contributed by atoms with Gasteiger partial charge in [0.25, 0.3) is 11.8 Å². The summed E-state index contributed by atoms with van der Waals surface area (Å²) in [6.45, 7) is 6.71. The maximum Gasteiger partial charge on any atom is 0.258 e. The number of rotatable bonds is 4. The molecule has 2 amide bonds. The molecule has 0 saturated carbocycles. The Morgan fingerprint density at radius 2 is 1.67 bits per heavy atom. The highest BCUT2D eigenvalue weighted by Gasteiger charge is 2.34. The van der Waals surface area contributed by atoms with E-state index >= 15 is 0 Å². The predicted octanol–water partition coefficient (Wildman–Crippen LogP) is 7.20. The maximum atomic E-state index is 13.4. The molecule has 3 aromatic rings. The number of amides is 2. The molecule has 1 aromatic heterocycles. The molecule has 0 bridgehead atoms. The van der Waals surface area contributed by atoms with Gasteiger partial charge < -0.3 is 10.6 Å². The van der Waals surface area contributed by atoms with Gasteiger partial charge >= 0.3 is 0 Å². The van der Waals surface area contributed by atoms with Crippen LogP contribution in [0.25, 0.3) is 0 Å². The Kier molecular flexibility index (Phi) is 6.59. The number of nitrogens with one attached hydrogen (secondary N) is 2. The summed E-state index contributed by atoms with van der Waals surface area (Å²) in [6.07, 6.45) is 2.64. The average molecular weight is 485 g/mol. The van der Waals surface area contributed by atoms with Crippen LogP contribution < -0.4 is 10.6 Å². The minimum absolute atomic E-state index is 0.158. The van der Waals surface area contributed by atoms with Crippen molar-refractivity contribution in [1.29, 1.82) is 0 Å². The second kappa shape index (κ2) is 9.27. The van der Waals surface area contributed by atoms with Gasteiger partial charge in [-0.1, -0.05) is 32.4 Å². The van der Waals surface area contributed by atoms with Crippen LogP contribution in [0, 0.1) is 17.2 Å². The Morgan fingerprint density at radius 3 is 2.30 bits per heavy atom. The molecule has 0 fully saturated rings. The second-order valence-corrected chi connectivity index (χ2v) is 11.0. The zero-order valence-electron chi connectivity index (χ0n) is 18.8. The smallest absolute Gasteiger partial charge is 0.258 e. The van der Waals surface area contributed by atoms with E-state index in [4.69, 9.17) is 11.6 Å². The third-order valence-corrected chi connectivity index (χ3v) is 7.57. The largest absolute Gasteiger partial charge is 0.322 e. The van der Waals surface area contributed by atoms with Gasteiger partial charge in [-0.3, -0.25) is 9.59 Å². The molecule has 33 heavy (non-hydrogen) atoms. The molecule has 2 N–H and O–H groups in total. The molecular weight excluding hydrogens is 459 g/mol. The van der Waals surface area contributed by atoms with Crippen molar-refractivity contribution < 1.29 is 14.0 Å². The first-order valence-corrected chi connectivity index (χ1v) is 12.1. The fraction of sp³-hybridized carbons (Fsp3) is 0.308. The lowest BCUT2D eigenvalue weighted by atomic mass is 9.72. The number of hydrogen-bond acceptors (Lipinski definition) is 3. The van der Waals surface area contributed by atoms with E-state index in [0.717, 1.165) is 29.7 Å². The van der Waals surface area contributed by atoms with Crippen molar-refractivity contribution in [1.82, 2.24) is 0 Å². The first-order chi connectivity index (χ1) is 15.6. The number of fused-ring (bicyclic) bond motifs is 1. The molecular formula is C26H26ClFN2O2S. The van der Waals surface area contributed by atoms with E-state index in [-0.39, 0.29) is 17.2 Å². The molecule has 0 spiro atoms. The highest BCUT2D eigenvalue weighted by Crippen LogP contribution is 2.44. The highest BCUT2D eigenvalue weighted by molar-refractivity contribution is 7.17. The van der Waals surface area contributed by atoms with Gasteiger partial charge in [0.1, 0.15) is 10.8 Å². The number of thiophene rings is 1. The maximum absolute atomic E-state index is 13.4. The van der Waals surface area contributed by atoms with Gasteiger partial charge in [0.2, 0.25) is 0 Å². The molecule has 2 aromatic carbocycles. The first-order valence-electron chi connectivity index (χ1n) is 10.9. The molecule has 1 atom stereocenters. The summed E-state index contributed by atoms with van der Waals surface area (Å²) < 4.78 is 13.3. The molecule has 7 heteroatoms. The standard InChI is InChI=1S/C26H26ClFN2O2S/c1-26(2,3)16-6-13-20-21(14-16)33-25(30-23(31)15-4-9-18(28)10-5-15)22(20)24(32)29-19-11-7-17(27)8-12-19/h4-5,7-12,16H,6,13-14H2,1-3H3,(H,29,32)(H,30,31). The summed E-state index contributed by atoms with van der Waals surface area (Å²) in [5.41, 5.74) is 2.63. The summed E-state index contributed by atoms with van der Waals surface area (Å²) in [5, 5.41) is 6.95. The van der Waals surface area contributed by atoms with Crippen molar-refractivity contribution >= 4 is 45.4 Å². The molecule has 1 heterocycles. The SMILES string of the molecule is CC(C)(C)C1CCc2c(sc(NC(=O)c3ccc(F)cc3)c2C(=O)Nc2ccc(Cl)cc2)C1. The van der Waals surface area contributed by atoms with Crippen molar-refractivity contribution in [2.45, 2.75) is 40.0 Å². The van der Waals surface area contributed by atoms with E-state index in [1.165, 1.54) is 35.6 Å². The van der Waals surface area contributed by atoms with Crippen molar-refractivity contribution in [3.63, 3.8) is 0 Å². The van der Waals surface area contributed by atoms with Crippen LogP contribution >= 0.6 is 22.9 Å². The molecule has 4 nitrogen and oxygen atoms in total. The van der Waals surface area contributed by atoms with Crippen LogP contribution in [0.4, 0.5) is 15.1 Å². The number of benzene rings is 2. The minimum atomic E-state index is -0.408. The van der Waals surface area contributed by atoms with E-state index in [0.29, 0.717) is 32.8 Å². The van der Waals surface area contributed by atoms with Crippen molar-refractivity contribution in [2.24, 2.45) is 11.3 Å². The van der Waals surface area contributed by atoms with Gasteiger partial charge in [0.05, 0.1) is 5.56 Å². The summed E-state index contributed by atoms with van der Waals surface area (Å²) in [7, 11) is 0. The molecule has 0 saturated heterocycles. The summed E-state index contributed by atoms with van der Waals surface area (Å²) in [5.74, 6) is -0.550. The Labute approximate surface area is 202 Å². The van der Waals surface area contributed by atoms with Crippen LogP contribution in [-0.4, -0.2) is 11.8 Å². The number of carbonyl (C=O) groups excluding carboxylic acids is 2. The molecule has 1 unspecified atom stereocenters. The molecule has 0 radical (unpaired) electrons. The zero-order valence-corrected chi connectivity index (χ0v) is 20.4. The summed E-state index contributed by atoms with van der Waals surface area (Å²) in [4.78, 5) is 27.4. The third-order valence-electron chi connectivity index (χ3n) is 6.15. The molecule has 1 aliphatic rings. The molecule has 0 aliphatic heterocycles. The number of carbonyl (C=O) groups is 2. The normalized spacial score (nSPS) is 15.6. The van der Waals surface area contributed by atoms with Gasteiger partial charge in [-0.2, -0.15) is 0 Å². The average Bonchev–Trinajstić information content (AvgIpc) is 3.12. The topological polar surface area (TPSA) is 58.2 Å². The lowest BCUT2D eigenvalue weighted by molar-refractivity contribution is 0.102. The predicted molar refractivity (Wildman–Crippen MR) is 133 cm³/mol. The fourth-order valence-electron chi connectivity index (χ4n) is 4.16. The van der Waals surface area contributed by atoms with E-state index in [1.54, 1.807) is 24.3 Å². The minimum Gasteiger partial charge on any atom is -0.322 e. The van der Waals surface area contributed by atoms with Crippen LogP contribution in [0.1, 0.15) is 58.3 Å². The third kappa shape index (κ3) is 5.28. The zero-order chi connectivity index (χ0) is 23.8. The van der Waals surface area contributed by atoms with Crippen molar-refractivity contribution in [3.05, 3.63) is 80.9 Å². The van der Waals surface area contributed by atoms with Gasteiger partial charge in [-0.25, -0.2) is 4.39 Å². The van der Waals surface area contributed by atoms with Gasteiger partial charge in [-0.05, 0) is 84.7 Å². The Bertz CT molecular complexity index is 1180. The Balaban J connectivity index is 1.67. The van der Waals surface area contributed by atoms with E-state index in [9.17, 15) is 14.0 Å². The quantitative estimate of drug-likeness (QED) is 0.411. The molecule has 4 rings (SSSR count). The number of halogens is 2. The van der Waals surface area contributed by atoms with Crippen molar-refractivity contribution in [2.75, 3.05) is 10.6 Å². The first kappa shape index (κ1) is 23.5. The van der Waals surface area contributed by atoms with Crippen molar-refractivity contribution in [3.8, 4) is 0 Å². The van der Waals surface area contributed by atoms with Gasteiger partial charge in [0.15, 0.2) is 0 Å². The van der Waals surface area contributed by atoms with Crippen LogP contribution in [0.15, 0.2) is 48.5 Å². The number of anilines is 2. The monoisotopic (exact) mass is 484 g/mol. The van der Waals surface area contributed by atoms with Crippen LogP contribution in [0.3, 0.4) is 0 Å². The van der Waals surface area contributed by atoms with Gasteiger partial charge in [-0.15, -0.1) is 11.3 Å². The summed E-state index contributed by atoms with van der Waals surface area (Å²) in [6, 6.07) is 12.3. The Hall–Kier alpha value is -2.70. The molecule has 1 aliphatic carbocycles. The van der Waals surface area contributed by atoms with Crippen LogP contribution in [0.2, 0.25) is 5.02 Å². The van der Waals surface area contributed by atoms with Gasteiger partial charge in [0, 0.05) is 21.2 Å².